The minimum atomic E-state index is -2.92. The van der Waals surface area contributed by atoms with Gasteiger partial charge >= 0.3 is 0 Å². The highest BCUT2D eigenvalue weighted by atomic mass is 19.3. The molecule has 0 unspecified atom stereocenters. The molecule has 5 nitrogen and oxygen atoms in total. The number of hydrogen-bond acceptors (Lipinski definition) is 4. The first kappa shape index (κ1) is 17.1. The van der Waals surface area contributed by atoms with Gasteiger partial charge in [-0.25, -0.2) is 13.8 Å². The Hall–Kier alpha value is -1.76. The van der Waals surface area contributed by atoms with Crippen LogP contribution < -0.4 is 10.1 Å². The van der Waals surface area contributed by atoms with Gasteiger partial charge in [0.15, 0.2) is 6.61 Å². The summed E-state index contributed by atoms with van der Waals surface area (Å²) < 4.78 is 32.0. The van der Waals surface area contributed by atoms with Crippen molar-refractivity contribution in [2.75, 3.05) is 26.2 Å². The molecule has 1 fully saturated rings. The molecule has 24 heavy (non-hydrogen) atoms. The maximum Gasteiger partial charge on any atom is 0.281 e. The highest BCUT2D eigenvalue weighted by molar-refractivity contribution is 6.00. The van der Waals surface area contributed by atoms with E-state index in [0.717, 1.165) is 31.5 Å². The van der Waals surface area contributed by atoms with Gasteiger partial charge < -0.3 is 15.0 Å². The van der Waals surface area contributed by atoms with E-state index in [1.165, 1.54) is 13.1 Å². The molecule has 0 saturated carbocycles. The third-order valence-corrected chi connectivity index (χ3v) is 4.74. The summed E-state index contributed by atoms with van der Waals surface area (Å²) in [4.78, 5) is 18.5. The summed E-state index contributed by atoms with van der Waals surface area (Å²) in [6.07, 6.45) is 3.30. The molecule has 0 aromatic carbocycles. The fourth-order valence-electron chi connectivity index (χ4n) is 3.19. The average molecular weight is 339 g/mol. The summed E-state index contributed by atoms with van der Waals surface area (Å²) >= 11 is 0. The Morgan fingerprint density at radius 3 is 2.88 bits per heavy atom. The minimum Gasteiger partial charge on any atom is -0.471 e. The molecule has 0 radical (unpaired) electrons. The van der Waals surface area contributed by atoms with Gasteiger partial charge in [0.1, 0.15) is 5.56 Å². The number of aromatic nitrogens is 1. The van der Waals surface area contributed by atoms with Gasteiger partial charge in [-0.05, 0) is 43.5 Å². The maximum atomic E-state index is 13.4. The van der Waals surface area contributed by atoms with Crippen LogP contribution in [-0.4, -0.2) is 48.0 Å². The van der Waals surface area contributed by atoms with Crippen LogP contribution in [0.25, 0.3) is 0 Å². The van der Waals surface area contributed by atoms with Crippen molar-refractivity contribution in [1.29, 1.82) is 0 Å². The van der Waals surface area contributed by atoms with E-state index in [1.54, 1.807) is 11.0 Å². The predicted molar refractivity (Wildman–Crippen MR) is 85.3 cm³/mol. The van der Waals surface area contributed by atoms with Crippen molar-refractivity contribution in [3.05, 3.63) is 23.4 Å². The van der Waals surface area contributed by atoms with E-state index in [0.29, 0.717) is 24.6 Å². The Balaban J connectivity index is 1.70. The van der Waals surface area contributed by atoms with E-state index in [-0.39, 0.29) is 18.2 Å². The van der Waals surface area contributed by atoms with Crippen LogP contribution in [0.5, 0.6) is 5.88 Å². The first-order valence-electron chi connectivity index (χ1n) is 8.48. The van der Waals surface area contributed by atoms with Gasteiger partial charge in [-0.15, -0.1) is 0 Å². The molecule has 2 aliphatic heterocycles. The number of rotatable bonds is 6. The molecule has 1 amide bonds. The summed E-state index contributed by atoms with van der Waals surface area (Å²) in [5.74, 6) is -2.57. The summed E-state index contributed by atoms with van der Waals surface area (Å²) in [5.41, 5.74) is 1.15. The first-order valence-corrected chi connectivity index (χ1v) is 8.48. The van der Waals surface area contributed by atoms with Crippen LogP contribution in [-0.2, 0) is 6.54 Å². The molecule has 0 atom stereocenters. The van der Waals surface area contributed by atoms with Crippen LogP contribution in [0.1, 0.15) is 42.1 Å². The Kier molecular flexibility index (Phi) is 4.99. The number of nitrogens with zero attached hydrogens (tertiary/aromatic N) is 2. The summed E-state index contributed by atoms with van der Waals surface area (Å²) in [6.45, 7) is 3.79. The molecular formula is C17H23F2N3O2. The molecule has 0 spiro atoms. The molecule has 1 aromatic heterocycles. The van der Waals surface area contributed by atoms with Crippen LogP contribution in [0.2, 0.25) is 0 Å². The highest BCUT2D eigenvalue weighted by Gasteiger charge is 2.34. The van der Waals surface area contributed by atoms with Crippen LogP contribution in [0, 0.1) is 5.92 Å². The summed E-state index contributed by atoms with van der Waals surface area (Å²) in [7, 11) is 0. The van der Waals surface area contributed by atoms with Crippen molar-refractivity contribution in [2.24, 2.45) is 5.92 Å². The van der Waals surface area contributed by atoms with Crippen molar-refractivity contribution in [2.45, 2.75) is 38.7 Å². The minimum absolute atomic E-state index is 0.0263. The number of nitrogens with one attached hydrogen (secondary N) is 1. The Morgan fingerprint density at radius 2 is 2.17 bits per heavy atom. The second kappa shape index (κ2) is 7.01. The smallest absolute Gasteiger partial charge is 0.281 e. The second-order valence-electron chi connectivity index (χ2n) is 6.53. The fraction of sp³-hybridized carbons (Fsp3) is 0.647. The number of halogens is 2. The van der Waals surface area contributed by atoms with Crippen molar-refractivity contribution in [1.82, 2.24) is 15.2 Å². The van der Waals surface area contributed by atoms with Crippen molar-refractivity contribution < 1.29 is 18.3 Å². The summed E-state index contributed by atoms with van der Waals surface area (Å²) in [5, 5.41) is 3.31. The van der Waals surface area contributed by atoms with Crippen LogP contribution >= 0.6 is 0 Å². The highest BCUT2D eigenvalue weighted by Crippen LogP contribution is 2.31. The number of ether oxygens (including phenoxy) is 1. The molecular weight excluding hydrogens is 316 g/mol. The molecule has 3 heterocycles. The van der Waals surface area contributed by atoms with Crippen molar-refractivity contribution >= 4 is 5.91 Å². The molecule has 132 valence electrons. The third kappa shape index (κ3) is 3.66. The molecule has 0 aliphatic carbocycles. The lowest BCUT2D eigenvalue weighted by Gasteiger charge is -2.27. The van der Waals surface area contributed by atoms with E-state index < -0.39 is 12.5 Å². The zero-order valence-corrected chi connectivity index (χ0v) is 13.9. The summed E-state index contributed by atoms with van der Waals surface area (Å²) in [6, 6.07) is 1.76. The molecule has 3 rings (SSSR count). The van der Waals surface area contributed by atoms with E-state index in [1.807, 2.05) is 0 Å². The second-order valence-corrected chi connectivity index (χ2v) is 6.53. The number of alkyl halides is 2. The van der Waals surface area contributed by atoms with E-state index in [9.17, 15) is 13.6 Å². The number of amides is 1. The lowest BCUT2D eigenvalue weighted by molar-refractivity contribution is -0.0449. The van der Waals surface area contributed by atoms with Crippen molar-refractivity contribution in [3.63, 3.8) is 0 Å². The average Bonchev–Trinajstić information content (AvgIpc) is 2.91. The number of carbonyl (C=O) groups is 1. The quantitative estimate of drug-likeness (QED) is 0.865. The van der Waals surface area contributed by atoms with Gasteiger partial charge in [0.05, 0.1) is 0 Å². The maximum absolute atomic E-state index is 13.4. The van der Waals surface area contributed by atoms with Gasteiger partial charge in [0.2, 0.25) is 5.88 Å². The third-order valence-electron chi connectivity index (χ3n) is 4.74. The van der Waals surface area contributed by atoms with Crippen molar-refractivity contribution in [3.8, 4) is 5.88 Å². The normalized spacial score (nSPS) is 18.8. The van der Waals surface area contributed by atoms with Crippen LogP contribution in [0.15, 0.2) is 12.3 Å². The zero-order chi connectivity index (χ0) is 17.2. The van der Waals surface area contributed by atoms with Gasteiger partial charge in [-0.3, -0.25) is 4.79 Å². The molecule has 7 heteroatoms. The number of hydrogen-bond donors (Lipinski definition) is 1. The Bertz CT molecular complexity index is 603. The number of pyridine rings is 1. The SMILES string of the molecule is CCC(F)(F)COc1nccc2c1C(=O)N(CC1CCNCC1)C2. The number of carbonyl (C=O) groups excluding carboxylic acids is 1. The van der Waals surface area contributed by atoms with Crippen LogP contribution in [0.4, 0.5) is 8.78 Å². The number of piperidine rings is 1. The van der Waals surface area contributed by atoms with E-state index in [4.69, 9.17) is 4.74 Å². The predicted octanol–water partition coefficient (Wildman–Crippen LogP) is 2.46. The van der Waals surface area contributed by atoms with E-state index >= 15 is 0 Å². The standard InChI is InChI=1S/C17H23F2N3O2/c1-2-17(18,19)11-24-15-14-13(5-8-21-15)10-22(16(14)23)9-12-3-6-20-7-4-12/h5,8,12,20H,2-4,6-7,9-11H2,1H3. The first-order chi connectivity index (χ1) is 11.5. The molecule has 1 N–H and O–H groups in total. The zero-order valence-electron chi connectivity index (χ0n) is 13.9. The van der Waals surface area contributed by atoms with Gasteiger partial charge in [-0.2, -0.15) is 0 Å². The lowest BCUT2D eigenvalue weighted by Crippen LogP contribution is -2.36. The largest absolute Gasteiger partial charge is 0.471 e. The molecule has 1 aromatic rings. The van der Waals surface area contributed by atoms with Gasteiger partial charge in [-0.1, -0.05) is 6.92 Å². The number of fused-ring (bicyclic) bond motifs is 1. The van der Waals surface area contributed by atoms with Gasteiger partial charge in [0, 0.05) is 25.7 Å². The lowest BCUT2D eigenvalue weighted by atomic mass is 9.98. The topological polar surface area (TPSA) is 54.5 Å². The van der Waals surface area contributed by atoms with Gasteiger partial charge in [0.25, 0.3) is 11.8 Å². The fourth-order valence-corrected chi connectivity index (χ4v) is 3.19. The Labute approximate surface area is 140 Å². The van der Waals surface area contributed by atoms with Crippen LogP contribution in [0.3, 0.4) is 0 Å². The molecule has 2 aliphatic rings. The van der Waals surface area contributed by atoms with E-state index in [2.05, 4.69) is 10.3 Å². The monoisotopic (exact) mass is 339 g/mol. The molecule has 0 bridgehead atoms. The molecule has 1 saturated heterocycles. The Morgan fingerprint density at radius 1 is 1.42 bits per heavy atom.